The SMILES string of the molecule is Cc1cc(C(=O)C2CCCC(C)C2)c(C)o1. The number of carbonyl (C=O) groups is 1. The minimum Gasteiger partial charge on any atom is -0.466 e. The zero-order chi connectivity index (χ0) is 11.7. The second-order valence-electron chi connectivity index (χ2n) is 5.16. The van der Waals surface area contributed by atoms with Gasteiger partial charge in [-0.1, -0.05) is 19.8 Å². The largest absolute Gasteiger partial charge is 0.466 e. The molecule has 2 nitrogen and oxygen atoms in total. The van der Waals surface area contributed by atoms with Crippen LogP contribution in [0.5, 0.6) is 0 Å². The number of hydrogen-bond donors (Lipinski definition) is 0. The maximum atomic E-state index is 12.3. The van der Waals surface area contributed by atoms with Crippen molar-refractivity contribution in [2.24, 2.45) is 11.8 Å². The molecule has 1 saturated carbocycles. The van der Waals surface area contributed by atoms with E-state index in [9.17, 15) is 4.79 Å². The number of hydrogen-bond acceptors (Lipinski definition) is 2. The molecule has 88 valence electrons. The third-order valence-electron chi connectivity index (χ3n) is 3.61. The maximum absolute atomic E-state index is 12.3. The average Bonchev–Trinajstić information content (AvgIpc) is 2.57. The van der Waals surface area contributed by atoms with Crippen LogP contribution in [0.15, 0.2) is 10.5 Å². The quantitative estimate of drug-likeness (QED) is 0.707. The number of aryl methyl sites for hydroxylation is 2. The predicted molar refractivity (Wildman–Crippen MR) is 63.6 cm³/mol. The predicted octanol–water partition coefficient (Wildman–Crippen LogP) is 3.91. The highest BCUT2D eigenvalue weighted by Gasteiger charge is 2.27. The van der Waals surface area contributed by atoms with Crippen molar-refractivity contribution in [1.82, 2.24) is 0 Å². The van der Waals surface area contributed by atoms with Gasteiger partial charge in [-0.25, -0.2) is 0 Å². The second kappa shape index (κ2) is 4.44. The molecule has 2 rings (SSSR count). The summed E-state index contributed by atoms with van der Waals surface area (Å²) in [5, 5.41) is 0. The van der Waals surface area contributed by atoms with Crippen LogP contribution in [0, 0.1) is 25.7 Å². The van der Waals surface area contributed by atoms with Gasteiger partial charge < -0.3 is 4.42 Å². The van der Waals surface area contributed by atoms with Gasteiger partial charge in [0.2, 0.25) is 0 Å². The van der Waals surface area contributed by atoms with Crippen LogP contribution >= 0.6 is 0 Å². The number of carbonyl (C=O) groups excluding carboxylic acids is 1. The van der Waals surface area contributed by atoms with Gasteiger partial charge in [-0.15, -0.1) is 0 Å². The van der Waals surface area contributed by atoms with Gasteiger partial charge in [0.25, 0.3) is 0 Å². The Kier molecular flexibility index (Phi) is 3.17. The first-order valence-electron chi connectivity index (χ1n) is 6.19. The van der Waals surface area contributed by atoms with E-state index < -0.39 is 0 Å². The molecule has 16 heavy (non-hydrogen) atoms. The highest BCUT2D eigenvalue weighted by molar-refractivity contribution is 5.98. The van der Waals surface area contributed by atoms with E-state index in [1.165, 1.54) is 12.8 Å². The van der Waals surface area contributed by atoms with E-state index in [2.05, 4.69) is 6.92 Å². The molecule has 1 aliphatic carbocycles. The van der Waals surface area contributed by atoms with Gasteiger partial charge in [0.1, 0.15) is 11.5 Å². The van der Waals surface area contributed by atoms with Crippen molar-refractivity contribution in [3.05, 3.63) is 23.2 Å². The fraction of sp³-hybridized carbons (Fsp3) is 0.643. The molecule has 0 aliphatic heterocycles. The van der Waals surface area contributed by atoms with Crippen LogP contribution in [0.4, 0.5) is 0 Å². The third kappa shape index (κ3) is 2.21. The molecule has 2 atom stereocenters. The normalized spacial score (nSPS) is 25.7. The Morgan fingerprint density at radius 2 is 2.12 bits per heavy atom. The second-order valence-corrected chi connectivity index (χ2v) is 5.16. The van der Waals surface area contributed by atoms with Crippen LogP contribution in [0.1, 0.15) is 54.5 Å². The van der Waals surface area contributed by atoms with Gasteiger partial charge in [-0.2, -0.15) is 0 Å². The summed E-state index contributed by atoms with van der Waals surface area (Å²) in [5.74, 6) is 2.82. The summed E-state index contributed by atoms with van der Waals surface area (Å²) in [5.41, 5.74) is 0.802. The average molecular weight is 220 g/mol. The molecule has 0 bridgehead atoms. The molecule has 0 saturated heterocycles. The van der Waals surface area contributed by atoms with Crippen molar-refractivity contribution in [3.8, 4) is 0 Å². The molecular weight excluding hydrogens is 200 g/mol. The summed E-state index contributed by atoms with van der Waals surface area (Å²) in [6, 6.07) is 1.89. The number of furan rings is 1. The molecule has 1 aliphatic rings. The van der Waals surface area contributed by atoms with Crippen LogP contribution in [0.2, 0.25) is 0 Å². The Morgan fingerprint density at radius 3 is 2.69 bits per heavy atom. The van der Waals surface area contributed by atoms with Crippen LogP contribution in [0.25, 0.3) is 0 Å². The molecule has 1 fully saturated rings. The molecule has 1 aromatic heterocycles. The molecule has 0 aromatic carbocycles. The lowest BCUT2D eigenvalue weighted by Gasteiger charge is -2.25. The third-order valence-corrected chi connectivity index (χ3v) is 3.61. The van der Waals surface area contributed by atoms with Crippen molar-refractivity contribution in [2.75, 3.05) is 0 Å². The lowest BCUT2D eigenvalue weighted by Crippen LogP contribution is -2.22. The van der Waals surface area contributed by atoms with Gasteiger partial charge >= 0.3 is 0 Å². The van der Waals surface area contributed by atoms with Gasteiger partial charge in [0.15, 0.2) is 5.78 Å². The summed E-state index contributed by atoms with van der Waals surface area (Å²) < 4.78 is 5.43. The van der Waals surface area contributed by atoms with Gasteiger partial charge in [0.05, 0.1) is 5.56 Å². The smallest absolute Gasteiger partial charge is 0.169 e. The molecule has 0 radical (unpaired) electrons. The topological polar surface area (TPSA) is 30.2 Å². The van der Waals surface area contributed by atoms with E-state index >= 15 is 0 Å². The van der Waals surface area contributed by atoms with Crippen molar-refractivity contribution >= 4 is 5.78 Å². The first-order chi connectivity index (χ1) is 7.58. The zero-order valence-electron chi connectivity index (χ0n) is 10.4. The lowest BCUT2D eigenvalue weighted by molar-refractivity contribution is 0.0867. The van der Waals surface area contributed by atoms with Gasteiger partial charge in [0, 0.05) is 5.92 Å². The summed E-state index contributed by atoms with van der Waals surface area (Å²) in [6.07, 6.45) is 4.55. The van der Waals surface area contributed by atoms with Crippen molar-refractivity contribution in [1.29, 1.82) is 0 Å². The van der Waals surface area contributed by atoms with Crippen molar-refractivity contribution < 1.29 is 9.21 Å². The molecular formula is C14H20O2. The van der Waals surface area contributed by atoms with E-state index in [0.717, 1.165) is 29.9 Å². The van der Waals surface area contributed by atoms with E-state index in [1.807, 2.05) is 19.9 Å². The first kappa shape index (κ1) is 11.4. The number of ketones is 1. The molecule has 0 amide bonds. The van der Waals surface area contributed by atoms with Crippen LogP contribution in [-0.2, 0) is 0 Å². The van der Waals surface area contributed by atoms with E-state index in [-0.39, 0.29) is 5.92 Å². The summed E-state index contributed by atoms with van der Waals surface area (Å²) >= 11 is 0. The van der Waals surface area contributed by atoms with Crippen molar-refractivity contribution in [2.45, 2.75) is 46.5 Å². The Labute approximate surface area is 97.0 Å². The lowest BCUT2D eigenvalue weighted by atomic mass is 9.79. The van der Waals surface area contributed by atoms with Crippen molar-refractivity contribution in [3.63, 3.8) is 0 Å². The first-order valence-corrected chi connectivity index (χ1v) is 6.19. The molecule has 0 spiro atoms. The summed E-state index contributed by atoms with van der Waals surface area (Å²) in [4.78, 5) is 12.3. The van der Waals surface area contributed by atoms with E-state index in [0.29, 0.717) is 11.7 Å². The van der Waals surface area contributed by atoms with Crippen LogP contribution in [-0.4, -0.2) is 5.78 Å². The highest BCUT2D eigenvalue weighted by atomic mass is 16.3. The Morgan fingerprint density at radius 1 is 1.38 bits per heavy atom. The maximum Gasteiger partial charge on any atom is 0.169 e. The molecule has 0 N–H and O–H groups in total. The van der Waals surface area contributed by atoms with Crippen LogP contribution < -0.4 is 0 Å². The van der Waals surface area contributed by atoms with Gasteiger partial charge in [-0.05, 0) is 38.7 Å². The summed E-state index contributed by atoms with van der Waals surface area (Å²) in [6.45, 7) is 6.02. The minimum absolute atomic E-state index is 0.222. The Balaban J connectivity index is 2.15. The number of rotatable bonds is 2. The van der Waals surface area contributed by atoms with Crippen LogP contribution in [0.3, 0.4) is 0 Å². The zero-order valence-corrected chi connectivity index (χ0v) is 10.4. The minimum atomic E-state index is 0.222. The Bertz CT molecular complexity index is 389. The van der Waals surface area contributed by atoms with E-state index in [4.69, 9.17) is 4.42 Å². The fourth-order valence-corrected chi connectivity index (χ4v) is 2.77. The molecule has 1 aromatic rings. The number of Topliss-reactive ketones (excluding diaryl/α,β-unsaturated/α-hetero) is 1. The summed E-state index contributed by atoms with van der Waals surface area (Å²) in [7, 11) is 0. The van der Waals surface area contributed by atoms with Gasteiger partial charge in [-0.3, -0.25) is 4.79 Å². The monoisotopic (exact) mass is 220 g/mol. The Hall–Kier alpha value is -1.05. The fourth-order valence-electron chi connectivity index (χ4n) is 2.77. The molecule has 1 heterocycles. The van der Waals surface area contributed by atoms with E-state index in [1.54, 1.807) is 0 Å². The molecule has 2 heteroatoms. The standard InChI is InChI=1S/C14H20O2/c1-9-5-4-6-12(7-9)14(15)13-8-10(2)16-11(13)3/h8-9,12H,4-7H2,1-3H3. The highest BCUT2D eigenvalue weighted by Crippen LogP contribution is 2.32. The molecule has 2 unspecified atom stereocenters.